The van der Waals surface area contributed by atoms with Crippen molar-refractivity contribution in [1.29, 1.82) is 0 Å². The van der Waals surface area contributed by atoms with Gasteiger partial charge in [0.25, 0.3) is 5.91 Å². The number of H-pyrrole nitrogens is 1. The van der Waals surface area contributed by atoms with E-state index < -0.39 is 0 Å². The van der Waals surface area contributed by atoms with Crippen LogP contribution in [0, 0.1) is 13.8 Å². The molecule has 100 valence electrons. The van der Waals surface area contributed by atoms with E-state index in [4.69, 9.17) is 0 Å². The first-order valence-corrected chi connectivity index (χ1v) is 6.30. The van der Waals surface area contributed by atoms with Gasteiger partial charge in [-0.15, -0.1) is 0 Å². The lowest BCUT2D eigenvalue weighted by molar-refractivity contribution is 0.102. The fourth-order valence-corrected chi connectivity index (χ4v) is 2.17. The molecule has 2 heterocycles. The number of fused-ring (bicyclic) bond motifs is 1. The van der Waals surface area contributed by atoms with E-state index in [-0.39, 0.29) is 5.91 Å². The van der Waals surface area contributed by atoms with E-state index in [1.54, 1.807) is 18.5 Å². The van der Waals surface area contributed by atoms with Crippen molar-refractivity contribution in [3.05, 3.63) is 53.7 Å². The number of aromatic amines is 1. The quantitative estimate of drug-likeness (QED) is 0.749. The van der Waals surface area contributed by atoms with E-state index in [9.17, 15) is 4.79 Å². The predicted octanol–water partition coefficient (Wildman–Crippen LogP) is 2.83. The Labute approximate surface area is 116 Å². The molecule has 5 nitrogen and oxygen atoms in total. The van der Waals surface area contributed by atoms with Crippen molar-refractivity contribution >= 4 is 22.5 Å². The number of aromatic nitrogens is 3. The van der Waals surface area contributed by atoms with E-state index in [0.717, 1.165) is 22.2 Å². The second kappa shape index (κ2) is 4.77. The van der Waals surface area contributed by atoms with Crippen LogP contribution in [0.15, 0.2) is 36.9 Å². The van der Waals surface area contributed by atoms with Crippen LogP contribution in [-0.2, 0) is 0 Å². The maximum absolute atomic E-state index is 12.2. The Morgan fingerprint density at radius 1 is 1.20 bits per heavy atom. The Balaban J connectivity index is 1.94. The number of anilines is 1. The molecule has 0 spiro atoms. The molecule has 5 heteroatoms. The number of nitrogens with zero attached hydrogens (tertiary/aromatic N) is 2. The van der Waals surface area contributed by atoms with E-state index in [1.807, 2.05) is 26.0 Å². The average Bonchev–Trinajstić information content (AvgIpc) is 2.75. The molecule has 2 aromatic heterocycles. The lowest BCUT2D eigenvalue weighted by Crippen LogP contribution is -2.12. The number of benzene rings is 1. The third kappa shape index (κ3) is 2.14. The summed E-state index contributed by atoms with van der Waals surface area (Å²) in [5.74, 6) is -0.167. The summed E-state index contributed by atoms with van der Waals surface area (Å²) in [6.07, 6.45) is 4.55. The van der Waals surface area contributed by atoms with Gasteiger partial charge in [0.15, 0.2) is 0 Å². The zero-order valence-electron chi connectivity index (χ0n) is 11.3. The van der Waals surface area contributed by atoms with Crippen molar-refractivity contribution in [2.24, 2.45) is 0 Å². The zero-order chi connectivity index (χ0) is 14.1. The number of hydrogen-bond acceptors (Lipinski definition) is 3. The van der Waals surface area contributed by atoms with Crippen LogP contribution < -0.4 is 5.32 Å². The Morgan fingerprint density at radius 2 is 1.95 bits per heavy atom. The summed E-state index contributed by atoms with van der Waals surface area (Å²) in [4.78, 5) is 23.2. The topological polar surface area (TPSA) is 70.7 Å². The van der Waals surface area contributed by atoms with Crippen molar-refractivity contribution in [3.8, 4) is 0 Å². The highest BCUT2D eigenvalue weighted by Gasteiger charge is 2.10. The molecule has 0 aliphatic rings. The Morgan fingerprint density at radius 3 is 2.70 bits per heavy atom. The highest BCUT2D eigenvalue weighted by atomic mass is 16.1. The van der Waals surface area contributed by atoms with Crippen molar-refractivity contribution in [2.45, 2.75) is 13.8 Å². The van der Waals surface area contributed by atoms with Gasteiger partial charge in [0.1, 0.15) is 6.33 Å². The number of carbonyl (C=O) groups excluding carboxylic acids is 1. The van der Waals surface area contributed by atoms with Gasteiger partial charge in [-0.2, -0.15) is 0 Å². The first-order chi connectivity index (χ1) is 9.65. The van der Waals surface area contributed by atoms with E-state index in [2.05, 4.69) is 20.3 Å². The average molecular weight is 266 g/mol. The molecule has 0 aliphatic carbocycles. The van der Waals surface area contributed by atoms with Crippen molar-refractivity contribution in [2.75, 3.05) is 5.32 Å². The van der Waals surface area contributed by atoms with Gasteiger partial charge in [0.05, 0.1) is 18.1 Å². The largest absolute Gasteiger partial charge is 0.358 e. The maximum Gasteiger partial charge on any atom is 0.255 e. The highest BCUT2D eigenvalue weighted by Crippen LogP contribution is 2.22. The normalized spacial score (nSPS) is 10.7. The van der Waals surface area contributed by atoms with Crippen LogP contribution in [0.1, 0.15) is 21.6 Å². The SMILES string of the molecule is Cc1[nH]c2ccc(C(=O)Nc3cncnc3)cc2c1C. The minimum atomic E-state index is -0.167. The summed E-state index contributed by atoms with van der Waals surface area (Å²) in [5.41, 5.74) is 4.52. The summed E-state index contributed by atoms with van der Waals surface area (Å²) < 4.78 is 0. The first-order valence-electron chi connectivity index (χ1n) is 6.30. The first kappa shape index (κ1) is 12.3. The molecule has 0 aliphatic heterocycles. The number of hydrogen-bond donors (Lipinski definition) is 2. The molecule has 2 N–H and O–H groups in total. The second-order valence-corrected chi connectivity index (χ2v) is 4.72. The van der Waals surface area contributed by atoms with E-state index in [0.29, 0.717) is 11.3 Å². The minimum absolute atomic E-state index is 0.167. The molecule has 1 aromatic carbocycles. The molecule has 0 unspecified atom stereocenters. The minimum Gasteiger partial charge on any atom is -0.358 e. The van der Waals surface area contributed by atoms with Gasteiger partial charge in [-0.05, 0) is 37.6 Å². The van der Waals surface area contributed by atoms with Gasteiger partial charge in [0, 0.05) is 22.2 Å². The molecule has 1 amide bonds. The Bertz CT molecular complexity index is 777. The number of aryl methyl sites for hydroxylation is 2. The van der Waals surface area contributed by atoms with Gasteiger partial charge in [-0.3, -0.25) is 4.79 Å². The predicted molar refractivity (Wildman–Crippen MR) is 77.8 cm³/mol. The molecular formula is C15H14N4O. The summed E-state index contributed by atoms with van der Waals surface area (Å²) in [6.45, 7) is 4.07. The van der Waals surface area contributed by atoms with Crippen molar-refractivity contribution in [1.82, 2.24) is 15.0 Å². The molecule has 3 aromatic rings. The molecule has 0 atom stereocenters. The van der Waals surface area contributed by atoms with Crippen LogP contribution in [-0.4, -0.2) is 20.9 Å². The molecular weight excluding hydrogens is 252 g/mol. The molecule has 0 saturated heterocycles. The number of amides is 1. The standard InChI is InChI=1S/C15H14N4O/c1-9-10(2)18-14-4-3-11(5-13(9)14)15(20)19-12-6-16-8-17-7-12/h3-8,18H,1-2H3,(H,19,20). The third-order valence-electron chi connectivity index (χ3n) is 3.39. The van der Waals surface area contributed by atoms with E-state index in [1.165, 1.54) is 6.33 Å². The summed E-state index contributed by atoms with van der Waals surface area (Å²) >= 11 is 0. The maximum atomic E-state index is 12.2. The molecule has 3 rings (SSSR count). The van der Waals surface area contributed by atoms with Crippen LogP contribution in [0.2, 0.25) is 0 Å². The van der Waals surface area contributed by atoms with E-state index >= 15 is 0 Å². The van der Waals surface area contributed by atoms with Crippen molar-refractivity contribution in [3.63, 3.8) is 0 Å². The van der Waals surface area contributed by atoms with Crippen LogP contribution in [0.3, 0.4) is 0 Å². The molecule has 0 fully saturated rings. The van der Waals surface area contributed by atoms with Crippen LogP contribution in [0.5, 0.6) is 0 Å². The Kier molecular flexibility index (Phi) is 2.95. The lowest BCUT2D eigenvalue weighted by atomic mass is 10.1. The summed E-state index contributed by atoms with van der Waals surface area (Å²) in [6, 6.07) is 5.62. The molecule has 0 bridgehead atoms. The van der Waals surface area contributed by atoms with Crippen molar-refractivity contribution < 1.29 is 4.79 Å². The highest BCUT2D eigenvalue weighted by molar-refractivity contribution is 6.06. The molecule has 0 radical (unpaired) electrons. The Hall–Kier alpha value is -2.69. The van der Waals surface area contributed by atoms with Gasteiger partial charge in [0.2, 0.25) is 0 Å². The number of carbonyl (C=O) groups is 1. The summed E-state index contributed by atoms with van der Waals surface area (Å²) in [7, 11) is 0. The van der Waals surface area contributed by atoms with Gasteiger partial charge in [-0.1, -0.05) is 0 Å². The zero-order valence-corrected chi connectivity index (χ0v) is 11.3. The fourth-order valence-electron chi connectivity index (χ4n) is 2.17. The van der Waals surface area contributed by atoms with Gasteiger partial charge < -0.3 is 10.3 Å². The fraction of sp³-hybridized carbons (Fsp3) is 0.133. The van der Waals surface area contributed by atoms with Crippen LogP contribution in [0.4, 0.5) is 5.69 Å². The van der Waals surface area contributed by atoms with Crippen LogP contribution >= 0.6 is 0 Å². The van der Waals surface area contributed by atoms with Gasteiger partial charge >= 0.3 is 0 Å². The summed E-state index contributed by atoms with van der Waals surface area (Å²) in [5, 5.41) is 3.84. The van der Waals surface area contributed by atoms with Crippen LogP contribution in [0.25, 0.3) is 10.9 Å². The second-order valence-electron chi connectivity index (χ2n) is 4.72. The monoisotopic (exact) mass is 266 g/mol. The number of rotatable bonds is 2. The number of nitrogens with one attached hydrogen (secondary N) is 2. The van der Waals surface area contributed by atoms with Gasteiger partial charge in [-0.25, -0.2) is 9.97 Å². The molecule has 0 saturated carbocycles. The molecule has 20 heavy (non-hydrogen) atoms. The lowest BCUT2D eigenvalue weighted by Gasteiger charge is -2.04. The third-order valence-corrected chi connectivity index (χ3v) is 3.39. The smallest absolute Gasteiger partial charge is 0.255 e.